The van der Waals surface area contributed by atoms with E-state index in [2.05, 4.69) is 20.8 Å². The Labute approximate surface area is 129 Å². The average Bonchev–Trinajstić information content (AvgIpc) is 3.05. The minimum Gasteiger partial charge on any atom is -0.319 e. The fraction of sp³-hybridized carbons (Fsp3) is 0. The van der Waals surface area contributed by atoms with E-state index in [9.17, 15) is 9.18 Å². The standard InChI is InChI=1S/C14H9ClFN5O/c15-10-4-5-12(16)13(7-10)18-14(22)9-2-1-3-11(6-9)21-8-17-19-20-21/h1-8H,(H,18,22). The van der Waals surface area contributed by atoms with Gasteiger partial charge in [0.15, 0.2) is 0 Å². The molecule has 1 heterocycles. The van der Waals surface area contributed by atoms with Crippen molar-refractivity contribution in [3.8, 4) is 5.69 Å². The van der Waals surface area contributed by atoms with Crippen LogP contribution in [-0.4, -0.2) is 26.1 Å². The summed E-state index contributed by atoms with van der Waals surface area (Å²) in [4.78, 5) is 12.2. The van der Waals surface area contributed by atoms with Crippen LogP contribution in [0.5, 0.6) is 0 Å². The van der Waals surface area contributed by atoms with E-state index >= 15 is 0 Å². The van der Waals surface area contributed by atoms with Gasteiger partial charge in [0.2, 0.25) is 0 Å². The molecule has 3 rings (SSSR count). The van der Waals surface area contributed by atoms with Gasteiger partial charge in [-0.2, -0.15) is 0 Å². The number of nitrogens with one attached hydrogen (secondary N) is 1. The molecule has 110 valence electrons. The molecule has 0 radical (unpaired) electrons. The summed E-state index contributed by atoms with van der Waals surface area (Å²) in [5.74, 6) is -1.02. The zero-order valence-electron chi connectivity index (χ0n) is 11.1. The van der Waals surface area contributed by atoms with Crippen molar-refractivity contribution < 1.29 is 9.18 Å². The normalized spacial score (nSPS) is 10.5. The molecule has 3 aromatic rings. The summed E-state index contributed by atoms with van der Waals surface area (Å²) < 4.78 is 15.1. The highest BCUT2D eigenvalue weighted by Gasteiger charge is 2.11. The molecule has 0 bridgehead atoms. The van der Waals surface area contributed by atoms with E-state index in [0.717, 1.165) is 0 Å². The van der Waals surface area contributed by atoms with Gasteiger partial charge in [0.05, 0.1) is 11.4 Å². The summed E-state index contributed by atoms with van der Waals surface area (Å²) in [7, 11) is 0. The zero-order chi connectivity index (χ0) is 15.5. The largest absolute Gasteiger partial charge is 0.319 e. The molecule has 0 fully saturated rings. The van der Waals surface area contributed by atoms with Gasteiger partial charge in [-0.3, -0.25) is 4.79 Å². The van der Waals surface area contributed by atoms with Crippen molar-refractivity contribution >= 4 is 23.2 Å². The fourth-order valence-corrected chi connectivity index (χ4v) is 2.03. The number of hydrogen-bond acceptors (Lipinski definition) is 4. The van der Waals surface area contributed by atoms with Crippen LogP contribution < -0.4 is 5.32 Å². The molecule has 6 nitrogen and oxygen atoms in total. The van der Waals surface area contributed by atoms with Crippen molar-refractivity contribution in [2.45, 2.75) is 0 Å². The van der Waals surface area contributed by atoms with E-state index in [0.29, 0.717) is 16.3 Å². The molecule has 1 amide bonds. The minimum absolute atomic E-state index is 0.0188. The summed E-state index contributed by atoms with van der Waals surface area (Å²) >= 11 is 5.80. The highest BCUT2D eigenvalue weighted by atomic mass is 35.5. The first kappa shape index (κ1) is 14.2. The number of tetrazole rings is 1. The first-order chi connectivity index (χ1) is 10.6. The molecule has 0 atom stereocenters. The third kappa shape index (κ3) is 2.94. The van der Waals surface area contributed by atoms with Gasteiger partial charge >= 0.3 is 0 Å². The molecule has 8 heteroatoms. The van der Waals surface area contributed by atoms with Gasteiger partial charge in [0, 0.05) is 10.6 Å². The Bertz CT molecular complexity index is 822. The summed E-state index contributed by atoms with van der Waals surface area (Å²) in [6.07, 6.45) is 1.41. The van der Waals surface area contributed by atoms with Crippen molar-refractivity contribution in [1.29, 1.82) is 0 Å². The molecule has 0 unspecified atom stereocenters. The highest BCUT2D eigenvalue weighted by molar-refractivity contribution is 6.31. The van der Waals surface area contributed by atoms with E-state index in [1.165, 1.54) is 29.2 Å². The van der Waals surface area contributed by atoms with Gasteiger partial charge in [0.25, 0.3) is 5.91 Å². The van der Waals surface area contributed by atoms with Gasteiger partial charge in [-0.05, 0) is 46.8 Å². The maximum absolute atomic E-state index is 13.6. The van der Waals surface area contributed by atoms with E-state index in [1.807, 2.05) is 0 Å². The van der Waals surface area contributed by atoms with Gasteiger partial charge < -0.3 is 5.32 Å². The molecule has 1 aromatic heterocycles. The zero-order valence-corrected chi connectivity index (χ0v) is 11.8. The lowest BCUT2D eigenvalue weighted by Crippen LogP contribution is -2.13. The topological polar surface area (TPSA) is 72.7 Å². The SMILES string of the molecule is O=C(Nc1cc(Cl)ccc1F)c1cccc(-n2cnnn2)c1. The van der Waals surface area contributed by atoms with E-state index < -0.39 is 11.7 Å². The number of carbonyl (C=O) groups is 1. The molecule has 0 spiro atoms. The molecule has 0 saturated carbocycles. The lowest BCUT2D eigenvalue weighted by molar-refractivity contribution is 0.102. The second-order valence-corrected chi connectivity index (χ2v) is 4.82. The lowest BCUT2D eigenvalue weighted by atomic mass is 10.2. The lowest BCUT2D eigenvalue weighted by Gasteiger charge is -2.08. The number of carbonyl (C=O) groups excluding carboxylic acids is 1. The highest BCUT2D eigenvalue weighted by Crippen LogP contribution is 2.20. The van der Waals surface area contributed by atoms with Gasteiger partial charge in [0.1, 0.15) is 12.1 Å². The van der Waals surface area contributed by atoms with Crippen molar-refractivity contribution in [2.75, 3.05) is 5.32 Å². The van der Waals surface area contributed by atoms with Crippen molar-refractivity contribution in [1.82, 2.24) is 20.2 Å². The second-order valence-electron chi connectivity index (χ2n) is 4.38. The summed E-state index contributed by atoms with van der Waals surface area (Å²) in [5.41, 5.74) is 0.974. The molecule has 2 aromatic carbocycles. The van der Waals surface area contributed by atoms with Crippen LogP contribution in [0.15, 0.2) is 48.8 Å². The van der Waals surface area contributed by atoms with Crippen LogP contribution in [0, 0.1) is 5.82 Å². The average molecular weight is 318 g/mol. The van der Waals surface area contributed by atoms with Crippen molar-refractivity contribution in [3.63, 3.8) is 0 Å². The number of benzene rings is 2. The van der Waals surface area contributed by atoms with Crippen LogP contribution >= 0.6 is 11.6 Å². The van der Waals surface area contributed by atoms with Crippen molar-refractivity contribution in [3.05, 3.63) is 65.2 Å². The van der Waals surface area contributed by atoms with E-state index in [4.69, 9.17) is 11.6 Å². The Morgan fingerprint density at radius 1 is 1.23 bits per heavy atom. The van der Waals surface area contributed by atoms with E-state index in [-0.39, 0.29) is 5.69 Å². The monoisotopic (exact) mass is 317 g/mol. The molecule has 0 aliphatic heterocycles. The number of rotatable bonds is 3. The Kier molecular flexibility index (Phi) is 3.80. The predicted molar refractivity (Wildman–Crippen MR) is 78.5 cm³/mol. The van der Waals surface area contributed by atoms with Crippen LogP contribution in [0.4, 0.5) is 10.1 Å². The Hall–Kier alpha value is -2.80. The molecule has 0 aliphatic carbocycles. The number of halogens is 2. The maximum atomic E-state index is 13.6. The van der Waals surface area contributed by atoms with Crippen LogP contribution in [0.25, 0.3) is 5.69 Å². The molecule has 0 saturated heterocycles. The van der Waals surface area contributed by atoms with Gasteiger partial charge in [-0.25, -0.2) is 9.07 Å². The number of hydrogen-bond donors (Lipinski definition) is 1. The summed E-state index contributed by atoms with van der Waals surface area (Å²) in [6, 6.07) is 10.6. The molecule has 0 aliphatic rings. The first-order valence-electron chi connectivity index (χ1n) is 6.23. The predicted octanol–water partition coefficient (Wildman–Crippen LogP) is 2.71. The van der Waals surface area contributed by atoms with Crippen LogP contribution in [-0.2, 0) is 0 Å². The molecular weight excluding hydrogens is 309 g/mol. The smallest absolute Gasteiger partial charge is 0.255 e. The van der Waals surface area contributed by atoms with Gasteiger partial charge in [-0.1, -0.05) is 17.7 Å². The number of aromatic nitrogens is 4. The maximum Gasteiger partial charge on any atom is 0.255 e. The summed E-state index contributed by atoms with van der Waals surface area (Å²) in [6.45, 7) is 0. The number of nitrogens with zero attached hydrogens (tertiary/aromatic N) is 4. The van der Waals surface area contributed by atoms with Crippen LogP contribution in [0.3, 0.4) is 0 Å². The number of anilines is 1. The fourth-order valence-electron chi connectivity index (χ4n) is 1.86. The molecule has 1 N–H and O–H groups in total. The first-order valence-corrected chi connectivity index (χ1v) is 6.61. The van der Waals surface area contributed by atoms with Crippen LogP contribution in [0.2, 0.25) is 5.02 Å². The Balaban J connectivity index is 1.86. The Morgan fingerprint density at radius 3 is 2.86 bits per heavy atom. The second kappa shape index (κ2) is 5.90. The molecular formula is C14H9ClFN5O. The minimum atomic E-state index is -0.561. The van der Waals surface area contributed by atoms with Gasteiger partial charge in [-0.15, -0.1) is 5.10 Å². The third-order valence-electron chi connectivity index (χ3n) is 2.90. The number of amides is 1. The van der Waals surface area contributed by atoms with Crippen LogP contribution in [0.1, 0.15) is 10.4 Å². The van der Waals surface area contributed by atoms with Crippen molar-refractivity contribution in [2.24, 2.45) is 0 Å². The van der Waals surface area contributed by atoms with E-state index in [1.54, 1.807) is 24.3 Å². The Morgan fingerprint density at radius 2 is 2.09 bits per heavy atom. The summed E-state index contributed by atoms with van der Waals surface area (Å²) in [5, 5.41) is 13.6. The molecule has 22 heavy (non-hydrogen) atoms. The third-order valence-corrected chi connectivity index (χ3v) is 3.13. The quantitative estimate of drug-likeness (QED) is 0.806.